The normalized spacial score (nSPS) is 10.2. The number of carbonyl (C=O) groups is 2. The molecule has 0 fully saturated rings. The number of benzene rings is 2. The lowest BCUT2D eigenvalue weighted by molar-refractivity contribution is 0.101. The van der Waals surface area contributed by atoms with Gasteiger partial charge in [0, 0.05) is 16.9 Å². The van der Waals surface area contributed by atoms with Crippen molar-refractivity contribution in [2.24, 2.45) is 0 Å². The number of carbonyl (C=O) groups excluding carboxylic acids is 2. The average molecular weight is 346 g/mol. The molecule has 0 radical (unpaired) electrons. The van der Waals surface area contributed by atoms with Crippen LogP contribution in [0.3, 0.4) is 0 Å². The summed E-state index contributed by atoms with van der Waals surface area (Å²) < 4.78 is 0. The smallest absolute Gasteiger partial charge is 0.275 e. The third kappa shape index (κ3) is 4.30. The topological polar surface area (TPSA) is 84.0 Å². The second kappa shape index (κ2) is 7.57. The molecule has 3 aromatic rings. The summed E-state index contributed by atoms with van der Waals surface area (Å²) in [5.74, 6) is 0.202. The Morgan fingerprint density at radius 1 is 0.923 bits per heavy atom. The molecular formula is C20H18N4O2. The lowest BCUT2D eigenvalue weighted by atomic mass is 10.1. The SMILES string of the molecule is CC(=O)c1ccc(Nc2cnc(C(=O)Nc3cccc(C)c3)cn2)cc1. The summed E-state index contributed by atoms with van der Waals surface area (Å²) in [6.07, 6.45) is 2.90. The van der Waals surface area contributed by atoms with E-state index in [0.29, 0.717) is 17.1 Å². The zero-order chi connectivity index (χ0) is 18.5. The quantitative estimate of drug-likeness (QED) is 0.683. The molecule has 2 N–H and O–H groups in total. The number of rotatable bonds is 5. The number of hydrogen-bond donors (Lipinski definition) is 2. The number of nitrogens with one attached hydrogen (secondary N) is 2. The van der Waals surface area contributed by atoms with Crippen LogP contribution in [-0.2, 0) is 0 Å². The number of anilines is 3. The summed E-state index contributed by atoms with van der Waals surface area (Å²) >= 11 is 0. The molecule has 6 nitrogen and oxygen atoms in total. The summed E-state index contributed by atoms with van der Waals surface area (Å²) in [5.41, 5.74) is 3.42. The molecule has 0 aliphatic rings. The summed E-state index contributed by atoms with van der Waals surface area (Å²) in [5, 5.41) is 5.87. The molecule has 1 heterocycles. The number of hydrogen-bond acceptors (Lipinski definition) is 5. The predicted molar refractivity (Wildman–Crippen MR) is 101 cm³/mol. The third-order valence-corrected chi connectivity index (χ3v) is 3.72. The van der Waals surface area contributed by atoms with E-state index in [1.54, 1.807) is 24.3 Å². The maximum absolute atomic E-state index is 12.2. The van der Waals surface area contributed by atoms with Crippen LogP contribution in [0.25, 0.3) is 0 Å². The van der Waals surface area contributed by atoms with E-state index in [9.17, 15) is 9.59 Å². The van der Waals surface area contributed by atoms with E-state index >= 15 is 0 Å². The van der Waals surface area contributed by atoms with Crippen molar-refractivity contribution in [2.75, 3.05) is 10.6 Å². The van der Waals surface area contributed by atoms with Crippen molar-refractivity contribution >= 4 is 28.9 Å². The van der Waals surface area contributed by atoms with Gasteiger partial charge >= 0.3 is 0 Å². The van der Waals surface area contributed by atoms with Gasteiger partial charge in [-0.2, -0.15) is 0 Å². The molecule has 6 heteroatoms. The number of aromatic nitrogens is 2. The summed E-state index contributed by atoms with van der Waals surface area (Å²) in [4.78, 5) is 31.9. The van der Waals surface area contributed by atoms with Crippen molar-refractivity contribution in [3.05, 3.63) is 77.7 Å². The summed E-state index contributed by atoms with van der Waals surface area (Å²) in [7, 11) is 0. The molecule has 0 aliphatic heterocycles. The van der Waals surface area contributed by atoms with Crippen molar-refractivity contribution in [3.63, 3.8) is 0 Å². The fourth-order valence-corrected chi connectivity index (χ4v) is 2.36. The molecule has 1 amide bonds. The minimum atomic E-state index is -0.319. The Morgan fingerprint density at radius 3 is 2.31 bits per heavy atom. The van der Waals surface area contributed by atoms with Gasteiger partial charge in [0.1, 0.15) is 11.5 Å². The second-order valence-electron chi connectivity index (χ2n) is 5.87. The van der Waals surface area contributed by atoms with E-state index in [4.69, 9.17) is 0 Å². The van der Waals surface area contributed by atoms with Gasteiger partial charge in [-0.25, -0.2) is 9.97 Å². The van der Waals surface area contributed by atoms with Gasteiger partial charge in [-0.05, 0) is 55.8 Å². The number of aryl methyl sites for hydroxylation is 1. The zero-order valence-corrected chi connectivity index (χ0v) is 14.5. The molecule has 3 rings (SSSR count). The van der Waals surface area contributed by atoms with Crippen molar-refractivity contribution < 1.29 is 9.59 Å². The molecular weight excluding hydrogens is 328 g/mol. The average Bonchev–Trinajstić information content (AvgIpc) is 2.63. The summed E-state index contributed by atoms with van der Waals surface area (Å²) in [6.45, 7) is 3.48. The largest absolute Gasteiger partial charge is 0.339 e. The molecule has 0 saturated heterocycles. The van der Waals surface area contributed by atoms with Gasteiger partial charge in [0.25, 0.3) is 5.91 Å². The number of amides is 1. The van der Waals surface area contributed by atoms with Crippen molar-refractivity contribution in [3.8, 4) is 0 Å². The zero-order valence-electron chi connectivity index (χ0n) is 14.5. The maximum Gasteiger partial charge on any atom is 0.275 e. The van der Waals surface area contributed by atoms with Crippen LogP contribution in [0.4, 0.5) is 17.2 Å². The molecule has 0 saturated carbocycles. The van der Waals surface area contributed by atoms with Crippen LogP contribution >= 0.6 is 0 Å². The fraction of sp³-hybridized carbons (Fsp3) is 0.100. The Kier molecular flexibility index (Phi) is 5.03. The van der Waals surface area contributed by atoms with E-state index in [2.05, 4.69) is 20.6 Å². The highest BCUT2D eigenvalue weighted by Gasteiger charge is 2.09. The highest BCUT2D eigenvalue weighted by atomic mass is 16.2. The Bertz CT molecular complexity index is 935. The molecule has 0 unspecified atom stereocenters. The van der Waals surface area contributed by atoms with Gasteiger partial charge in [-0.3, -0.25) is 9.59 Å². The Morgan fingerprint density at radius 2 is 1.69 bits per heavy atom. The Hall–Kier alpha value is -3.54. The maximum atomic E-state index is 12.2. The fourth-order valence-electron chi connectivity index (χ4n) is 2.36. The number of nitrogens with zero attached hydrogens (tertiary/aromatic N) is 2. The van der Waals surface area contributed by atoms with Crippen LogP contribution in [0.15, 0.2) is 60.9 Å². The molecule has 1 aromatic heterocycles. The van der Waals surface area contributed by atoms with Gasteiger partial charge < -0.3 is 10.6 Å². The van der Waals surface area contributed by atoms with E-state index in [1.807, 2.05) is 31.2 Å². The van der Waals surface area contributed by atoms with Crippen LogP contribution in [0.1, 0.15) is 33.3 Å². The summed E-state index contributed by atoms with van der Waals surface area (Å²) in [6, 6.07) is 14.6. The van der Waals surface area contributed by atoms with Gasteiger partial charge in [0.15, 0.2) is 5.78 Å². The third-order valence-electron chi connectivity index (χ3n) is 3.72. The van der Waals surface area contributed by atoms with Gasteiger partial charge in [0.2, 0.25) is 0 Å². The Labute approximate surface area is 151 Å². The van der Waals surface area contributed by atoms with Gasteiger partial charge in [-0.15, -0.1) is 0 Å². The molecule has 0 aliphatic carbocycles. The first kappa shape index (κ1) is 17.3. The van der Waals surface area contributed by atoms with E-state index in [1.165, 1.54) is 19.3 Å². The van der Waals surface area contributed by atoms with Gasteiger partial charge in [-0.1, -0.05) is 12.1 Å². The van der Waals surface area contributed by atoms with Crippen LogP contribution in [0.2, 0.25) is 0 Å². The van der Waals surface area contributed by atoms with Crippen molar-refractivity contribution in [2.45, 2.75) is 13.8 Å². The Balaban J connectivity index is 1.66. The molecule has 0 atom stereocenters. The highest BCUT2D eigenvalue weighted by Crippen LogP contribution is 2.15. The molecule has 0 bridgehead atoms. The monoisotopic (exact) mass is 346 g/mol. The highest BCUT2D eigenvalue weighted by molar-refractivity contribution is 6.02. The molecule has 130 valence electrons. The lowest BCUT2D eigenvalue weighted by Crippen LogP contribution is -2.14. The van der Waals surface area contributed by atoms with Crippen LogP contribution in [-0.4, -0.2) is 21.7 Å². The standard InChI is InChI=1S/C20H18N4O2/c1-13-4-3-5-17(10-13)24-20(26)18-11-22-19(12-21-18)23-16-8-6-15(7-9-16)14(2)25/h3-12H,1-2H3,(H,22,23)(H,24,26). The van der Waals surface area contributed by atoms with Crippen molar-refractivity contribution in [1.82, 2.24) is 9.97 Å². The first-order chi connectivity index (χ1) is 12.5. The van der Waals surface area contributed by atoms with E-state index in [-0.39, 0.29) is 17.4 Å². The minimum absolute atomic E-state index is 0.0142. The second-order valence-corrected chi connectivity index (χ2v) is 5.87. The van der Waals surface area contributed by atoms with Crippen LogP contribution < -0.4 is 10.6 Å². The predicted octanol–water partition coefficient (Wildman–Crippen LogP) is 3.98. The number of ketones is 1. The van der Waals surface area contributed by atoms with Crippen molar-refractivity contribution in [1.29, 1.82) is 0 Å². The van der Waals surface area contributed by atoms with E-state index in [0.717, 1.165) is 11.3 Å². The molecule has 2 aromatic carbocycles. The molecule has 26 heavy (non-hydrogen) atoms. The number of Topliss-reactive ketones (excluding diaryl/α,β-unsaturated/α-hetero) is 1. The molecule has 0 spiro atoms. The first-order valence-electron chi connectivity index (χ1n) is 8.09. The van der Waals surface area contributed by atoms with Crippen LogP contribution in [0.5, 0.6) is 0 Å². The van der Waals surface area contributed by atoms with Crippen LogP contribution in [0, 0.1) is 6.92 Å². The van der Waals surface area contributed by atoms with Gasteiger partial charge in [0.05, 0.1) is 12.4 Å². The first-order valence-corrected chi connectivity index (χ1v) is 8.09. The lowest BCUT2D eigenvalue weighted by Gasteiger charge is -2.08. The van der Waals surface area contributed by atoms with E-state index < -0.39 is 0 Å². The minimum Gasteiger partial charge on any atom is -0.339 e.